The van der Waals surface area contributed by atoms with Gasteiger partial charge in [-0.3, -0.25) is 9.80 Å². The molecule has 0 radical (unpaired) electrons. The van der Waals surface area contributed by atoms with Crippen molar-refractivity contribution in [2.45, 2.75) is 39.4 Å². The second kappa shape index (κ2) is 10.1. The molecule has 2 aromatic carbocycles. The van der Waals surface area contributed by atoms with Crippen molar-refractivity contribution in [1.29, 1.82) is 0 Å². The first-order valence-corrected chi connectivity index (χ1v) is 10.4. The van der Waals surface area contributed by atoms with Crippen molar-refractivity contribution in [3.8, 4) is 11.5 Å². The van der Waals surface area contributed by atoms with Crippen molar-refractivity contribution >= 4 is 0 Å². The molecule has 5 nitrogen and oxygen atoms in total. The summed E-state index contributed by atoms with van der Waals surface area (Å²) < 4.78 is 10.8. The maximum atomic E-state index is 9.63. The van der Waals surface area contributed by atoms with Crippen LogP contribution in [-0.4, -0.2) is 61.4 Å². The Bertz CT molecular complexity index is 766. The summed E-state index contributed by atoms with van der Waals surface area (Å²) in [6, 6.07) is 13.2. The lowest BCUT2D eigenvalue weighted by molar-refractivity contribution is 0.0499. The summed E-state index contributed by atoms with van der Waals surface area (Å²) in [5.41, 5.74) is 5.18. The van der Waals surface area contributed by atoms with E-state index in [4.69, 9.17) is 9.47 Å². The van der Waals surface area contributed by atoms with Crippen LogP contribution in [0.15, 0.2) is 36.4 Å². The minimum absolute atomic E-state index is 0.208. The highest BCUT2D eigenvalue weighted by molar-refractivity contribution is 5.38. The summed E-state index contributed by atoms with van der Waals surface area (Å²) in [7, 11) is 3.36. The molecule has 29 heavy (non-hydrogen) atoms. The van der Waals surface area contributed by atoms with Crippen molar-refractivity contribution in [3.63, 3.8) is 0 Å². The van der Waals surface area contributed by atoms with Crippen LogP contribution >= 0.6 is 0 Å². The second-order valence-electron chi connectivity index (χ2n) is 8.09. The van der Waals surface area contributed by atoms with Gasteiger partial charge in [-0.15, -0.1) is 0 Å². The van der Waals surface area contributed by atoms with Crippen molar-refractivity contribution in [2.75, 3.05) is 40.5 Å². The normalized spacial score (nSPS) is 18.0. The van der Waals surface area contributed by atoms with Gasteiger partial charge >= 0.3 is 0 Å². The predicted octanol–water partition coefficient (Wildman–Crippen LogP) is 3.39. The molecule has 0 bridgehead atoms. The van der Waals surface area contributed by atoms with Crippen molar-refractivity contribution in [3.05, 3.63) is 58.7 Å². The second-order valence-corrected chi connectivity index (χ2v) is 8.09. The van der Waals surface area contributed by atoms with E-state index in [0.29, 0.717) is 6.04 Å². The molecule has 1 aliphatic rings. The van der Waals surface area contributed by atoms with E-state index in [-0.39, 0.29) is 6.61 Å². The van der Waals surface area contributed by atoms with Crippen LogP contribution in [0.5, 0.6) is 11.5 Å². The fourth-order valence-corrected chi connectivity index (χ4v) is 4.34. The van der Waals surface area contributed by atoms with Gasteiger partial charge in [-0.2, -0.15) is 0 Å². The average molecular weight is 399 g/mol. The first-order valence-electron chi connectivity index (χ1n) is 10.4. The lowest BCUT2D eigenvalue weighted by atomic mass is 10.0. The maximum absolute atomic E-state index is 9.63. The summed E-state index contributed by atoms with van der Waals surface area (Å²) in [6.07, 6.45) is 0.782. The van der Waals surface area contributed by atoms with E-state index in [1.165, 1.54) is 22.3 Å². The van der Waals surface area contributed by atoms with Crippen molar-refractivity contribution in [2.24, 2.45) is 0 Å². The van der Waals surface area contributed by atoms with Gasteiger partial charge in [0.25, 0.3) is 0 Å². The molecule has 1 heterocycles. The zero-order valence-electron chi connectivity index (χ0n) is 18.1. The quantitative estimate of drug-likeness (QED) is 0.739. The standard InChI is InChI=1S/C24H34N2O3/c1-18-9-19(2)11-20(10-18)15-25-6-7-26(22(17-25)5-8-27)16-21-12-23(28-3)14-24(13-21)29-4/h9-14,22,27H,5-8,15-17H2,1-4H3/t22-/m1/s1. The molecule has 0 aromatic heterocycles. The topological polar surface area (TPSA) is 45.2 Å². The van der Waals surface area contributed by atoms with E-state index in [9.17, 15) is 5.11 Å². The molecule has 0 amide bonds. The summed E-state index contributed by atoms with van der Waals surface area (Å²) in [5, 5.41) is 9.63. The molecule has 3 rings (SSSR count). The SMILES string of the molecule is COc1cc(CN2CCN(Cc3cc(C)cc(C)c3)C[C@H]2CCO)cc(OC)c1. The monoisotopic (exact) mass is 398 g/mol. The molecule has 0 aliphatic carbocycles. The minimum atomic E-state index is 0.208. The molecule has 0 saturated carbocycles. The molecule has 1 aliphatic heterocycles. The Morgan fingerprint density at radius 3 is 2.07 bits per heavy atom. The van der Waals surface area contributed by atoms with Gasteiger partial charge in [-0.1, -0.05) is 29.3 Å². The number of aliphatic hydroxyl groups excluding tert-OH is 1. The molecule has 1 atom stereocenters. The van der Waals surface area contributed by atoms with E-state index >= 15 is 0 Å². The van der Waals surface area contributed by atoms with Gasteiger partial charge in [-0.25, -0.2) is 0 Å². The van der Waals surface area contributed by atoms with Crippen LogP contribution in [0.2, 0.25) is 0 Å². The molecule has 1 saturated heterocycles. The van der Waals surface area contributed by atoms with E-state index < -0.39 is 0 Å². The number of rotatable bonds is 8. The van der Waals surface area contributed by atoms with Crippen molar-refractivity contribution in [1.82, 2.24) is 9.80 Å². The molecule has 2 aromatic rings. The summed E-state index contributed by atoms with van der Waals surface area (Å²) in [6.45, 7) is 9.29. The van der Waals surface area contributed by atoms with Crippen LogP contribution in [-0.2, 0) is 13.1 Å². The lowest BCUT2D eigenvalue weighted by Crippen LogP contribution is -2.52. The highest BCUT2D eigenvalue weighted by atomic mass is 16.5. The third-order valence-corrected chi connectivity index (χ3v) is 5.64. The number of piperazine rings is 1. The fourth-order valence-electron chi connectivity index (χ4n) is 4.34. The molecule has 5 heteroatoms. The van der Waals surface area contributed by atoms with Gasteiger partial charge < -0.3 is 14.6 Å². The Hall–Kier alpha value is -2.08. The third kappa shape index (κ3) is 5.95. The lowest BCUT2D eigenvalue weighted by Gasteiger charge is -2.41. The molecular formula is C24H34N2O3. The summed E-state index contributed by atoms with van der Waals surface area (Å²) in [5.74, 6) is 1.62. The number of nitrogens with zero attached hydrogens (tertiary/aromatic N) is 2. The maximum Gasteiger partial charge on any atom is 0.122 e. The Kier molecular flexibility index (Phi) is 7.53. The smallest absolute Gasteiger partial charge is 0.122 e. The van der Waals surface area contributed by atoms with E-state index in [1.54, 1.807) is 14.2 Å². The van der Waals surface area contributed by atoms with Gasteiger partial charge in [0.2, 0.25) is 0 Å². The zero-order valence-corrected chi connectivity index (χ0v) is 18.1. The van der Waals surface area contributed by atoms with Crippen LogP contribution < -0.4 is 9.47 Å². The van der Waals surface area contributed by atoms with Gasteiger partial charge in [0.05, 0.1) is 14.2 Å². The molecule has 0 unspecified atom stereocenters. The van der Waals surface area contributed by atoms with Crippen LogP contribution in [0.3, 0.4) is 0 Å². The Morgan fingerprint density at radius 2 is 1.48 bits per heavy atom. The highest BCUT2D eigenvalue weighted by Gasteiger charge is 2.27. The number of ether oxygens (including phenoxy) is 2. The highest BCUT2D eigenvalue weighted by Crippen LogP contribution is 2.25. The van der Waals surface area contributed by atoms with Crippen LogP contribution in [0, 0.1) is 13.8 Å². The number of methoxy groups -OCH3 is 2. The molecule has 158 valence electrons. The fraction of sp³-hybridized carbons (Fsp3) is 0.500. The van der Waals surface area contributed by atoms with Crippen LogP contribution in [0.4, 0.5) is 0 Å². The first-order chi connectivity index (χ1) is 14.0. The minimum Gasteiger partial charge on any atom is -0.497 e. The first kappa shape index (κ1) is 21.6. The Balaban J connectivity index is 1.69. The zero-order chi connectivity index (χ0) is 20.8. The molecule has 1 fully saturated rings. The van der Waals surface area contributed by atoms with Gasteiger partial charge in [-0.05, 0) is 43.5 Å². The number of benzene rings is 2. The summed E-state index contributed by atoms with van der Waals surface area (Å²) >= 11 is 0. The van der Waals surface area contributed by atoms with Crippen molar-refractivity contribution < 1.29 is 14.6 Å². The summed E-state index contributed by atoms with van der Waals surface area (Å²) in [4.78, 5) is 4.99. The van der Waals surface area contributed by atoms with Crippen LogP contribution in [0.1, 0.15) is 28.7 Å². The Morgan fingerprint density at radius 1 is 0.862 bits per heavy atom. The molecular weight excluding hydrogens is 364 g/mol. The predicted molar refractivity (Wildman–Crippen MR) is 117 cm³/mol. The average Bonchev–Trinajstić information content (AvgIpc) is 2.69. The van der Waals surface area contributed by atoms with E-state index in [0.717, 1.165) is 50.6 Å². The molecule has 1 N–H and O–H groups in total. The largest absolute Gasteiger partial charge is 0.497 e. The van der Waals surface area contributed by atoms with Crippen LogP contribution in [0.25, 0.3) is 0 Å². The number of aliphatic hydroxyl groups is 1. The Labute approximate surface area is 174 Å². The number of hydrogen-bond donors (Lipinski definition) is 1. The number of aryl methyl sites for hydroxylation is 2. The third-order valence-electron chi connectivity index (χ3n) is 5.64. The number of hydrogen-bond acceptors (Lipinski definition) is 5. The van der Waals surface area contributed by atoms with Gasteiger partial charge in [0.1, 0.15) is 11.5 Å². The van der Waals surface area contributed by atoms with Gasteiger partial charge in [0, 0.05) is 51.4 Å². The molecule has 0 spiro atoms. The van der Waals surface area contributed by atoms with E-state index in [1.807, 2.05) is 6.07 Å². The van der Waals surface area contributed by atoms with Gasteiger partial charge in [0.15, 0.2) is 0 Å². The van der Waals surface area contributed by atoms with E-state index in [2.05, 4.69) is 54.0 Å².